The largest absolute Gasteiger partial charge is 0.497 e. The monoisotopic (exact) mass is 399 g/mol. The molecule has 2 saturated heterocycles. The summed E-state index contributed by atoms with van der Waals surface area (Å²) in [5, 5.41) is 0. The maximum Gasteiger partial charge on any atom is 0.242 e. The Bertz CT molecular complexity index is 778. The van der Waals surface area contributed by atoms with Crippen molar-refractivity contribution in [1.29, 1.82) is 0 Å². The normalized spacial score (nSPS) is 21.8. The SMILES string of the molecule is COc1ccc(N2CCN(C(=O)CN3C(=O)CC4(CCCCC4)C3=O)CC2)cc1. The van der Waals surface area contributed by atoms with Gasteiger partial charge >= 0.3 is 0 Å². The number of hydrogen-bond donors (Lipinski definition) is 0. The molecule has 1 saturated carbocycles. The van der Waals surface area contributed by atoms with Crippen LogP contribution in [0.4, 0.5) is 5.69 Å². The molecule has 3 amide bonds. The number of carbonyl (C=O) groups is 3. The van der Waals surface area contributed by atoms with E-state index in [4.69, 9.17) is 4.74 Å². The minimum Gasteiger partial charge on any atom is -0.497 e. The van der Waals surface area contributed by atoms with Crippen molar-refractivity contribution in [3.8, 4) is 5.75 Å². The molecule has 2 heterocycles. The Hall–Kier alpha value is -2.57. The van der Waals surface area contributed by atoms with Gasteiger partial charge in [0.05, 0.1) is 12.5 Å². The van der Waals surface area contributed by atoms with Crippen molar-refractivity contribution in [2.45, 2.75) is 38.5 Å². The molecule has 7 heteroatoms. The van der Waals surface area contributed by atoms with Crippen molar-refractivity contribution < 1.29 is 19.1 Å². The third-order valence-corrected chi connectivity index (χ3v) is 6.66. The smallest absolute Gasteiger partial charge is 0.242 e. The number of amides is 3. The fourth-order valence-electron chi connectivity index (χ4n) is 4.88. The zero-order valence-electron chi connectivity index (χ0n) is 17.1. The number of hydrogen-bond acceptors (Lipinski definition) is 5. The van der Waals surface area contributed by atoms with Gasteiger partial charge in [0.2, 0.25) is 17.7 Å². The van der Waals surface area contributed by atoms with E-state index in [2.05, 4.69) is 4.90 Å². The highest BCUT2D eigenvalue weighted by molar-refractivity contribution is 6.08. The highest BCUT2D eigenvalue weighted by Gasteiger charge is 2.52. The second-order valence-electron chi connectivity index (χ2n) is 8.37. The molecular weight excluding hydrogens is 370 g/mol. The molecule has 156 valence electrons. The number of piperazine rings is 1. The summed E-state index contributed by atoms with van der Waals surface area (Å²) in [6.45, 7) is 2.52. The van der Waals surface area contributed by atoms with Crippen LogP contribution in [0, 0.1) is 5.41 Å². The predicted octanol–water partition coefficient (Wildman–Crippen LogP) is 2.05. The van der Waals surface area contributed by atoms with Crippen molar-refractivity contribution >= 4 is 23.4 Å². The van der Waals surface area contributed by atoms with Crippen LogP contribution in [0.5, 0.6) is 5.75 Å². The topological polar surface area (TPSA) is 70.2 Å². The lowest BCUT2D eigenvalue weighted by Gasteiger charge is -2.37. The van der Waals surface area contributed by atoms with E-state index in [9.17, 15) is 14.4 Å². The standard InChI is InChI=1S/C22H29N3O4/c1-29-18-7-5-17(6-8-18)23-11-13-24(14-12-23)20(27)16-25-19(26)15-22(21(25)28)9-3-2-4-10-22/h5-8H,2-4,9-16H2,1H3. The number of nitrogens with zero attached hydrogens (tertiary/aromatic N) is 3. The van der Waals surface area contributed by atoms with Gasteiger partial charge in [-0.1, -0.05) is 19.3 Å². The highest BCUT2D eigenvalue weighted by Crippen LogP contribution is 2.45. The molecule has 29 heavy (non-hydrogen) atoms. The minimum atomic E-state index is -0.525. The van der Waals surface area contributed by atoms with Crippen molar-refractivity contribution in [2.75, 3.05) is 44.7 Å². The first-order valence-electron chi connectivity index (χ1n) is 10.5. The number of benzene rings is 1. The first-order chi connectivity index (χ1) is 14.0. The van der Waals surface area contributed by atoms with E-state index in [-0.39, 0.29) is 30.7 Å². The van der Waals surface area contributed by atoms with Gasteiger partial charge in [0.1, 0.15) is 12.3 Å². The van der Waals surface area contributed by atoms with Crippen molar-refractivity contribution in [1.82, 2.24) is 9.80 Å². The highest BCUT2D eigenvalue weighted by atomic mass is 16.5. The van der Waals surface area contributed by atoms with Gasteiger partial charge in [-0.25, -0.2) is 0 Å². The predicted molar refractivity (Wildman–Crippen MR) is 109 cm³/mol. The maximum absolute atomic E-state index is 12.9. The maximum atomic E-state index is 12.9. The Kier molecular flexibility index (Phi) is 5.48. The molecule has 3 aliphatic rings. The van der Waals surface area contributed by atoms with Gasteiger partial charge < -0.3 is 14.5 Å². The molecule has 0 aromatic heterocycles. The van der Waals surface area contributed by atoms with E-state index in [1.165, 1.54) is 4.90 Å². The summed E-state index contributed by atoms with van der Waals surface area (Å²) in [5.74, 6) is 0.390. The molecule has 1 spiro atoms. The fraction of sp³-hybridized carbons (Fsp3) is 0.591. The molecule has 0 radical (unpaired) electrons. The fourth-order valence-corrected chi connectivity index (χ4v) is 4.88. The lowest BCUT2D eigenvalue weighted by molar-refractivity contribution is -0.148. The summed E-state index contributed by atoms with van der Waals surface area (Å²) in [4.78, 5) is 43.4. The van der Waals surface area contributed by atoms with E-state index >= 15 is 0 Å². The van der Waals surface area contributed by atoms with Gasteiger partial charge in [-0.15, -0.1) is 0 Å². The Labute approximate surface area is 171 Å². The number of ether oxygens (including phenoxy) is 1. The van der Waals surface area contributed by atoms with Gasteiger partial charge in [-0.2, -0.15) is 0 Å². The summed E-state index contributed by atoms with van der Waals surface area (Å²) < 4.78 is 5.20. The van der Waals surface area contributed by atoms with Crippen LogP contribution in [0.2, 0.25) is 0 Å². The van der Waals surface area contributed by atoms with Crippen molar-refractivity contribution in [3.63, 3.8) is 0 Å². The second-order valence-corrected chi connectivity index (χ2v) is 8.37. The number of imide groups is 1. The van der Waals surface area contributed by atoms with E-state index in [0.717, 1.165) is 56.6 Å². The molecular formula is C22H29N3O4. The zero-order chi connectivity index (χ0) is 20.4. The van der Waals surface area contributed by atoms with Crippen molar-refractivity contribution in [2.24, 2.45) is 5.41 Å². The summed E-state index contributed by atoms with van der Waals surface area (Å²) in [6, 6.07) is 7.89. The van der Waals surface area contributed by atoms with Crippen LogP contribution in [-0.2, 0) is 14.4 Å². The van der Waals surface area contributed by atoms with Crippen LogP contribution in [0.3, 0.4) is 0 Å². The van der Waals surface area contributed by atoms with E-state index in [0.29, 0.717) is 13.1 Å². The van der Waals surface area contributed by atoms with Crippen molar-refractivity contribution in [3.05, 3.63) is 24.3 Å². The lowest BCUT2D eigenvalue weighted by Crippen LogP contribution is -2.52. The number of carbonyl (C=O) groups excluding carboxylic acids is 3. The number of rotatable bonds is 4. The first kappa shape index (κ1) is 19.7. The van der Waals surface area contributed by atoms with Gasteiger partial charge in [0.25, 0.3) is 0 Å². The number of anilines is 1. The second kappa shape index (κ2) is 8.05. The Morgan fingerprint density at radius 3 is 2.28 bits per heavy atom. The summed E-state index contributed by atoms with van der Waals surface area (Å²) in [7, 11) is 1.64. The minimum absolute atomic E-state index is 0.109. The van der Waals surface area contributed by atoms with Crippen LogP contribution in [0.25, 0.3) is 0 Å². The zero-order valence-corrected chi connectivity index (χ0v) is 17.1. The third-order valence-electron chi connectivity index (χ3n) is 6.66. The van der Waals surface area contributed by atoms with E-state index in [1.807, 2.05) is 24.3 Å². The molecule has 3 fully saturated rings. The lowest BCUT2D eigenvalue weighted by atomic mass is 9.73. The summed E-state index contributed by atoms with van der Waals surface area (Å²) >= 11 is 0. The van der Waals surface area contributed by atoms with Crippen LogP contribution in [-0.4, -0.2) is 67.4 Å². The number of likely N-dealkylation sites (tertiary alicyclic amines) is 1. The molecule has 0 bridgehead atoms. The summed E-state index contributed by atoms with van der Waals surface area (Å²) in [5.41, 5.74) is 0.574. The van der Waals surface area contributed by atoms with Crippen LogP contribution in [0.15, 0.2) is 24.3 Å². The van der Waals surface area contributed by atoms with Gasteiger partial charge in [-0.05, 0) is 37.1 Å². The molecule has 2 aliphatic heterocycles. The molecule has 0 N–H and O–H groups in total. The molecule has 4 rings (SSSR count). The molecule has 0 unspecified atom stereocenters. The van der Waals surface area contributed by atoms with Crippen LogP contribution in [0.1, 0.15) is 38.5 Å². The Balaban J connectivity index is 1.33. The quantitative estimate of drug-likeness (QED) is 0.725. The van der Waals surface area contributed by atoms with Crippen LogP contribution >= 0.6 is 0 Å². The molecule has 1 aromatic carbocycles. The first-order valence-corrected chi connectivity index (χ1v) is 10.5. The Morgan fingerprint density at radius 2 is 1.66 bits per heavy atom. The average Bonchev–Trinajstić information content (AvgIpc) is 2.98. The molecule has 7 nitrogen and oxygen atoms in total. The van der Waals surface area contributed by atoms with Crippen LogP contribution < -0.4 is 9.64 Å². The average molecular weight is 399 g/mol. The van der Waals surface area contributed by atoms with Gasteiger partial charge in [0, 0.05) is 38.3 Å². The van der Waals surface area contributed by atoms with E-state index in [1.54, 1.807) is 12.0 Å². The number of methoxy groups -OCH3 is 1. The summed E-state index contributed by atoms with van der Waals surface area (Å²) in [6.07, 6.45) is 4.96. The van der Waals surface area contributed by atoms with E-state index < -0.39 is 5.41 Å². The molecule has 1 aliphatic carbocycles. The molecule has 1 aromatic rings. The third kappa shape index (κ3) is 3.82. The van der Waals surface area contributed by atoms with Gasteiger partial charge in [-0.3, -0.25) is 19.3 Å². The molecule has 0 atom stereocenters. The van der Waals surface area contributed by atoms with Gasteiger partial charge in [0.15, 0.2) is 0 Å². The Morgan fingerprint density at radius 1 is 1.00 bits per heavy atom.